The lowest BCUT2D eigenvalue weighted by atomic mass is 10.1. The van der Waals surface area contributed by atoms with Crippen molar-refractivity contribution >= 4 is 36.5 Å². The molecule has 1 atom stereocenters. The summed E-state index contributed by atoms with van der Waals surface area (Å²) in [5.41, 5.74) is 0.974. The monoisotopic (exact) mass is 324 g/mol. The lowest BCUT2D eigenvalue weighted by Gasteiger charge is -2.24. The van der Waals surface area contributed by atoms with Crippen molar-refractivity contribution in [3.63, 3.8) is 0 Å². The molecule has 0 saturated carbocycles. The van der Waals surface area contributed by atoms with Crippen LogP contribution in [0.2, 0.25) is 0 Å². The first-order valence-corrected chi connectivity index (χ1v) is 6.15. The van der Waals surface area contributed by atoms with Gasteiger partial charge in [0.2, 0.25) is 0 Å². The van der Waals surface area contributed by atoms with Gasteiger partial charge in [-0.3, -0.25) is 5.41 Å². The van der Waals surface area contributed by atoms with Gasteiger partial charge in [-0.25, -0.2) is 0 Å². The molecule has 0 aromatic carbocycles. The molecule has 5 heteroatoms. The Balaban J connectivity index is 2.49. The van der Waals surface area contributed by atoms with Gasteiger partial charge in [0.05, 0.1) is 11.1 Å². The van der Waals surface area contributed by atoms with Gasteiger partial charge in [-0.1, -0.05) is 0 Å². The SMILES string of the molecule is C/C(NC1CCCOC1)=C(\Br)C(=N)Br. The summed E-state index contributed by atoms with van der Waals surface area (Å²) in [6.45, 7) is 3.58. The number of rotatable bonds is 3. The van der Waals surface area contributed by atoms with Crippen LogP contribution in [0.3, 0.4) is 0 Å². The Morgan fingerprint density at radius 3 is 2.71 bits per heavy atom. The lowest BCUT2D eigenvalue weighted by Crippen LogP contribution is -2.36. The highest BCUT2D eigenvalue weighted by Gasteiger charge is 2.14. The van der Waals surface area contributed by atoms with Gasteiger partial charge in [-0.15, -0.1) is 0 Å². The highest BCUT2D eigenvalue weighted by Crippen LogP contribution is 2.16. The Kier molecular flexibility index (Phi) is 5.12. The van der Waals surface area contributed by atoms with Crippen LogP contribution in [-0.2, 0) is 4.74 Å². The number of allylic oxidation sites excluding steroid dienone is 2. The summed E-state index contributed by atoms with van der Waals surface area (Å²) in [5.74, 6) is 0. The minimum absolute atomic E-state index is 0.360. The van der Waals surface area contributed by atoms with Gasteiger partial charge in [0.1, 0.15) is 4.62 Å². The van der Waals surface area contributed by atoms with E-state index in [-0.39, 0.29) is 0 Å². The molecule has 1 aliphatic heterocycles. The second kappa shape index (κ2) is 5.88. The predicted octanol–water partition coefficient (Wildman–Crippen LogP) is 2.75. The molecule has 0 radical (unpaired) electrons. The molecule has 1 fully saturated rings. The fourth-order valence-electron chi connectivity index (χ4n) is 1.39. The average molecular weight is 326 g/mol. The van der Waals surface area contributed by atoms with Crippen LogP contribution < -0.4 is 5.32 Å². The molecular formula is C9H14Br2N2O. The molecule has 1 rings (SSSR count). The van der Waals surface area contributed by atoms with Crippen LogP contribution in [0, 0.1) is 5.41 Å². The third kappa shape index (κ3) is 3.71. The van der Waals surface area contributed by atoms with Crippen molar-refractivity contribution < 1.29 is 4.74 Å². The molecule has 2 N–H and O–H groups in total. The van der Waals surface area contributed by atoms with Gasteiger partial charge in [0, 0.05) is 18.3 Å². The minimum Gasteiger partial charge on any atom is -0.383 e. The van der Waals surface area contributed by atoms with Crippen LogP contribution >= 0.6 is 31.9 Å². The Morgan fingerprint density at radius 2 is 2.21 bits per heavy atom. The first-order valence-electron chi connectivity index (χ1n) is 4.56. The van der Waals surface area contributed by atoms with Crippen molar-refractivity contribution in [1.29, 1.82) is 5.41 Å². The molecule has 0 aromatic rings. The van der Waals surface area contributed by atoms with Crippen LogP contribution in [0.5, 0.6) is 0 Å². The van der Waals surface area contributed by atoms with E-state index < -0.39 is 0 Å². The Bertz CT molecular complexity index is 247. The van der Waals surface area contributed by atoms with Gasteiger partial charge in [0.25, 0.3) is 0 Å². The average Bonchev–Trinajstić information content (AvgIpc) is 2.18. The first kappa shape index (κ1) is 12.2. The number of ether oxygens (including phenoxy) is 1. The van der Waals surface area contributed by atoms with Gasteiger partial charge in [-0.2, -0.15) is 0 Å². The molecule has 0 aliphatic carbocycles. The summed E-state index contributed by atoms with van der Waals surface area (Å²) in [7, 11) is 0. The molecule has 1 aliphatic rings. The smallest absolute Gasteiger partial charge is 0.113 e. The maximum absolute atomic E-state index is 7.39. The highest BCUT2D eigenvalue weighted by molar-refractivity contribution is 9.20. The zero-order chi connectivity index (χ0) is 10.6. The van der Waals surface area contributed by atoms with E-state index in [1.807, 2.05) is 6.92 Å². The van der Waals surface area contributed by atoms with E-state index in [9.17, 15) is 0 Å². The van der Waals surface area contributed by atoms with Crippen molar-refractivity contribution in [1.82, 2.24) is 5.32 Å². The minimum atomic E-state index is 0.360. The van der Waals surface area contributed by atoms with Crippen LogP contribution in [-0.4, -0.2) is 23.9 Å². The molecule has 0 bridgehead atoms. The maximum atomic E-state index is 7.39. The van der Waals surface area contributed by atoms with Gasteiger partial charge < -0.3 is 10.1 Å². The lowest BCUT2D eigenvalue weighted by molar-refractivity contribution is 0.0736. The summed E-state index contributed by atoms with van der Waals surface area (Å²) in [6.07, 6.45) is 2.24. The van der Waals surface area contributed by atoms with Gasteiger partial charge in [-0.05, 0) is 51.6 Å². The summed E-state index contributed by atoms with van der Waals surface area (Å²) in [6, 6.07) is 0.378. The van der Waals surface area contributed by atoms with E-state index >= 15 is 0 Å². The molecular weight excluding hydrogens is 312 g/mol. The zero-order valence-corrected chi connectivity index (χ0v) is 11.2. The Hall–Kier alpha value is 0.130. The largest absolute Gasteiger partial charge is 0.383 e. The third-order valence-electron chi connectivity index (χ3n) is 2.10. The topological polar surface area (TPSA) is 45.1 Å². The number of nitrogens with one attached hydrogen (secondary N) is 2. The molecule has 1 unspecified atom stereocenters. The van der Waals surface area contributed by atoms with E-state index in [0.717, 1.165) is 36.2 Å². The molecule has 0 aromatic heterocycles. The fourth-order valence-corrected chi connectivity index (χ4v) is 1.80. The molecule has 14 heavy (non-hydrogen) atoms. The van der Waals surface area contributed by atoms with Crippen LogP contribution in [0.15, 0.2) is 10.2 Å². The molecule has 80 valence electrons. The normalized spacial score (nSPS) is 24.1. The Morgan fingerprint density at radius 1 is 1.50 bits per heavy atom. The van der Waals surface area contributed by atoms with Gasteiger partial charge >= 0.3 is 0 Å². The summed E-state index contributed by atoms with van der Waals surface area (Å²) in [5, 5.41) is 10.7. The second-order valence-electron chi connectivity index (χ2n) is 3.31. The molecule has 0 spiro atoms. The van der Waals surface area contributed by atoms with E-state index in [4.69, 9.17) is 10.1 Å². The number of hydrogen-bond acceptors (Lipinski definition) is 3. The standard InChI is InChI=1S/C9H14Br2N2O/c1-6(8(10)9(11)12)13-7-3-2-4-14-5-7/h7,12-13H,2-5H2,1H3/b8-6+,12-9?. The molecule has 3 nitrogen and oxygen atoms in total. The summed E-state index contributed by atoms with van der Waals surface area (Å²) >= 11 is 6.45. The van der Waals surface area contributed by atoms with Crippen molar-refractivity contribution in [2.75, 3.05) is 13.2 Å². The number of halogens is 2. The zero-order valence-electron chi connectivity index (χ0n) is 8.07. The van der Waals surface area contributed by atoms with E-state index in [1.165, 1.54) is 0 Å². The highest BCUT2D eigenvalue weighted by atomic mass is 79.9. The van der Waals surface area contributed by atoms with Crippen LogP contribution in [0.4, 0.5) is 0 Å². The van der Waals surface area contributed by atoms with Crippen LogP contribution in [0.25, 0.3) is 0 Å². The van der Waals surface area contributed by atoms with Gasteiger partial charge in [0.15, 0.2) is 0 Å². The van der Waals surface area contributed by atoms with E-state index in [0.29, 0.717) is 10.7 Å². The summed E-state index contributed by atoms with van der Waals surface area (Å²) in [4.78, 5) is 0. The first-order chi connectivity index (χ1) is 6.61. The Labute approximate surface area is 101 Å². The summed E-state index contributed by atoms with van der Waals surface area (Å²) < 4.78 is 6.48. The van der Waals surface area contributed by atoms with E-state index in [1.54, 1.807) is 0 Å². The second-order valence-corrected chi connectivity index (χ2v) is 4.90. The van der Waals surface area contributed by atoms with Crippen molar-refractivity contribution in [2.45, 2.75) is 25.8 Å². The maximum Gasteiger partial charge on any atom is 0.113 e. The third-order valence-corrected chi connectivity index (χ3v) is 4.02. The molecule has 0 amide bonds. The van der Waals surface area contributed by atoms with E-state index in [2.05, 4.69) is 37.2 Å². The van der Waals surface area contributed by atoms with Crippen molar-refractivity contribution in [2.24, 2.45) is 0 Å². The predicted molar refractivity (Wildman–Crippen MR) is 65.3 cm³/mol. The fraction of sp³-hybridized carbons (Fsp3) is 0.667. The molecule has 1 heterocycles. The molecule has 1 saturated heterocycles. The quantitative estimate of drug-likeness (QED) is 0.784. The van der Waals surface area contributed by atoms with Crippen molar-refractivity contribution in [3.8, 4) is 0 Å². The number of hydrogen-bond donors (Lipinski definition) is 2. The van der Waals surface area contributed by atoms with Crippen molar-refractivity contribution in [3.05, 3.63) is 10.2 Å². The van der Waals surface area contributed by atoms with Crippen LogP contribution in [0.1, 0.15) is 19.8 Å².